The van der Waals surface area contributed by atoms with Crippen molar-refractivity contribution in [3.8, 4) is 0 Å². The summed E-state index contributed by atoms with van der Waals surface area (Å²) in [4.78, 5) is 21.9. The van der Waals surface area contributed by atoms with E-state index >= 15 is 0 Å². The normalized spacial score (nSPS) is 13.3. The lowest BCUT2D eigenvalue weighted by atomic mass is 10.2. The van der Waals surface area contributed by atoms with Crippen molar-refractivity contribution in [2.24, 2.45) is 5.73 Å². The van der Waals surface area contributed by atoms with Gasteiger partial charge in [-0.25, -0.2) is 4.79 Å². The van der Waals surface area contributed by atoms with Crippen LogP contribution in [0.3, 0.4) is 0 Å². The number of alkyl carbamates (subject to hydrolysis) is 1. The van der Waals surface area contributed by atoms with Crippen molar-refractivity contribution in [2.45, 2.75) is 39.3 Å². The van der Waals surface area contributed by atoms with Crippen LogP contribution in [0.4, 0.5) is 4.79 Å². The monoisotopic (exact) mass is 188 g/mol. The van der Waals surface area contributed by atoms with Crippen LogP contribution in [0.1, 0.15) is 27.7 Å². The van der Waals surface area contributed by atoms with Crippen molar-refractivity contribution < 1.29 is 14.3 Å². The molecule has 0 spiro atoms. The summed E-state index contributed by atoms with van der Waals surface area (Å²) in [5, 5.41) is 2.01. The molecule has 2 amide bonds. The molecule has 3 N–H and O–H groups in total. The van der Waals surface area contributed by atoms with Crippen molar-refractivity contribution >= 4 is 12.0 Å². The standard InChI is InChI=1S/C8H16N2O3/c1-5(9)6(11)10-7(12)13-8(2,3)4/h5H,9H2,1-4H3,(H,10,11,12)/t5-/m0/s1. The van der Waals surface area contributed by atoms with Crippen molar-refractivity contribution in [3.05, 3.63) is 0 Å². The largest absolute Gasteiger partial charge is 0.444 e. The number of hydrogen-bond acceptors (Lipinski definition) is 4. The van der Waals surface area contributed by atoms with Gasteiger partial charge in [-0.1, -0.05) is 0 Å². The van der Waals surface area contributed by atoms with Gasteiger partial charge >= 0.3 is 6.09 Å². The van der Waals surface area contributed by atoms with Crippen LogP contribution in [0.2, 0.25) is 0 Å². The van der Waals surface area contributed by atoms with Crippen molar-refractivity contribution in [1.29, 1.82) is 0 Å². The summed E-state index contributed by atoms with van der Waals surface area (Å²) in [6, 6.07) is -0.715. The van der Waals surface area contributed by atoms with E-state index in [1.165, 1.54) is 6.92 Å². The highest BCUT2D eigenvalue weighted by atomic mass is 16.6. The molecule has 0 aliphatic rings. The predicted octanol–water partition coefficient (Wildman–Crippen LogP) is 0.385. The molecule has 0 bridgehead atoms. The van der Waals surface area contributed by atoms with Crippen LogP contribution in [-0.4, -0.2) is 23.6 Å². The van der Waals surface area contributed by atoms with Gasteiger partial charge in [-0.15, -0.1) is 0 Å². The molecule has 0 aliphatic heterocycles. The molecule has 13 heavy (non-hydrogen) atoms. The number of nitrogens with two attached hydrogens (primary N) is 1. The summed E-state index contributed by atoms with van der Waals surface area (Å²) in [5.74, 6) is -0.547. The van der Waals surface area contributed by atoms with E-state index in [1.807, 2.05) is 5.32 Å². The Hall–Kier alpha value is -1.10. The van der Waals surface area contributed by atoms with Crippen LogP contribution >= 0.6 is 0 Å². The number of hydrogen-bond donors (Lipinski definition) is 2. The second kappa shape index (κ2) is 4.23. The van der Waals surface area contributed by atoms with E-state index < -0.39 is 23.6 Å². The number of rotatable bonds is 1. The van der Waals surface area contributed by atoms with Gasteiger partial charge in [0, 0.05) is 0 Å². The second-order valence-corrected chi connectivity index (χ2v) is 3.78. The first-order chi connectivity index (χ1) is 5.72. The Morgan fingerprint density at radius 2 is 1.85 bits per heavy atom. The molecule has 1 atom stereocenters. The van der Waals surface area contributed by atoms with Crippen molar-refractivity contribution in [2.75, 3.05) is 0 Å². The highest BCUT2D eigenvalue weighted by Crippen LogP contribution is 2.06. The molecular formula is C8H16N2O3. The summed E-state index contributed by atoms with van der Waals surface area (Å²) in [5.41, 5.74) is 4.62. The van der Waals surface area contributed by atoms with E-state index in [0.29, 0.717) is 0 Å². The predicted molar refractivity (Wildman–Crippen MR) is 48.0 cm³/mol. The summed E-state index contributed by atoms with van der Waals surface area (Å²) in [6.07, 6.45) is -0.769. The minimum absolute atomic E-state index is 0.547. The maximum atomic E-state index is 11.0. The summed E-state index contributed by atoms with van der Waals surface area (Å²) in [6.45, 7) is 6.62. The van der Waals surface area contributed by atoms with Gasteiger partial charge in [-0.3, -0.25) is 10.1 Å². The summed E-state index contributed by atoms with van der Waals surface area (Å²) >= 11 is 0. The first-order valence-electron chi connectivity index (χ1n) is 4.02. The number of nitrogens with one attached hydrogen (secondary N) is 1. The van der Waals surface area contributed by atoms with Gasteiger partial charge in [0.1, 0.15) is 5.60 Å². The number of ether oxygens (including phenoxy) is 1. The zero-order chi connectivity index (χ0) is 10.6. The maximum absolute atomic E-state index is 11.0. The van der Waals surface area contributed by atoms with E-state index in [4.69, 9.17) is 10.5 Å². The van der Waals surface area contributed by atoms with Gasteiger partial charge in [0.05, 0.1) is 6.04 Å². The van der Waals surface area contributed by atoms with Gasteiger partial charge in [0.25, 0.3) is 0 Å². The van der Waals surface area contributed by atoms with Crippen LogP contribution in [-0.2, 0) is 9.53 Å². The summed E-state index contributed by atoms with van der Waals surface area (Å²) < 4.78 is 4.83. The van der Waals surface area contributed by atoms with E-state index in [2.05, 4.69) is 0 Å². The van der Waals surface area contributed by atoms with Crippen molar-refractivity contribution in [1.82, 2.24) is 5.32 Å². The average Bonchev–Trinajstić information content (AvgIpc) is 1.81. The third-order valence-electron chi connectivity index (χ3n) is 1.04. The Morgan fingerprint density at radius 1 is 1.38 bits per heavy atom. The van der Waals surface area contributed by atoms with Crippen LogP contribution in [0.15, 0.2) is 0 Å². The SMILES string of the molecule is C[C@H](N)C(=O)NC(=O)OC(C)(C)C. The van der Waals surface area contributed by atoms with Gasteiger partial charge in [0.2, 0.25) is 5.91 Å². The third-order valence-corrected chi connectivity index (χ3v) is 1.04. The Kier molecular flexibility index (Phi) is 3.87. The lowest BCUT2D eigenvalue weighted by molar-refractivity contribution is -0.121. The molecule has 0 rings (SSSR count). The van der Waals surface area contributed by atoms with E-state index in [0.717, 1.165) is 0 Å². The molecule has 0 aromatic rings. The van der Waals surface area contributed by atoms with Crippen LogP contribution in [0.5, 0.6) is 0 Å². The minimum Gasteiger partial charge on any atom is -0.444 e. The van der Waals surface area contributed by atoms with Crippen molar-refractivity contribution in [3.63, 3.8) is 0 Å². The topological polar surface area (TPSA) is 81.4 Å². The van der Waals surface area contributed by atoms with E-state index in [9.17, 15) is 9.59 Å². The molecule has 5 heteroatoms. The molecule has 0 fully saturated rings. The summed E-state index contributed by atoms with van der Waals surface area (Å²) in [7, 11) is 0. The zero-order valence-electron chi connectivity index (χ0n) is 8.38. The first kappa shape index (κ1) is 11.9. The molecular weight excluding hydrogens is 172 g/mol. The molecule has 5 nitrogen and oxygen atoms in total. The molecule has 0 saturated carbocycles. The molecule has 0 aromatic carbocycles. The molecule has 0 aromatic heterocycles. The fraction of sp³-hybridized carbons (Fsp3) is 0.750. The average molecular weight is 188 g/mol. The zero-order valence-corrected chi connectivity index (χ0v) is 8.38. The fourth-order valence-corrected chi connectivity index (χ4v) is 0.518. The first-order valence-corrected chi connectivity index (χ1v) is 4.02. The lowest BCUT2D eigenvalue weighted by Crippen LogP contribution is -2.43. The maximum Gasteiger partial charge on any atom is 0.414 e. The smallest absolute Gasteiger partial charge is 0.414 e. The molecule has 76 valence electrons. The Balaban J connectivity index is 3.96. The van der Waals surface area contributed by atoms with Crippen LogP contribution < -0.4 is 11.1 Å². The highest BCUT2D eigenvalue weighted by molar-refractivity contribution is 5.94. The fourth-order valence-electron chi connectivity index (χ4n) is 0.518. The second-order valence-electron chi connectivity index (χ2n) is 3.78. The number of carbonyl (C=O) groups excluding carboxylic acids is 2. The highest BCUT2D eigenvalue weighted by Gasteiger charge is 2.19. The quantitative estimate of drug-likeness (QED) is 0.623. The van der Waals surface area contributed by atoms with Crippen LogP contribution in [0.25, 0.3) is 0 Å². The van der Waals surface area contributed by atoms with Gasteiger partial charge in [-0.2, -0.15) is 0 Å². The molecule has 0 saturated heterocycles. The number of imide groups is 1. The van der Waals surface area contributed by atoms with Gasteiger partial charge in [0.15, 0.2) is 0 Å². The van der Waals surface area contributed by atoms with Gasteiger partial charge < -0.3 is 10.5 Å². The van der Waals surface area contributed by atoms with Crippen LogP contribution in [0, 0.1) is 0 Å². The number of amides is 2. The lowest BCUT2D eigenvalue weighted by Gasteiger charge is -2.19. The Bertz CT molecular complexity index is 206. The third kappa shape index (κ3) is 6.10. The molecule has 0 aliphatic carbocycles. The van der Waals surface area contributed by atoms with E-state index in [-0.39, 0.29) is 0 Å². The molecule has 0 radical (unpaired) electrons. The Morgan fingerprint density at radius 3 is 2.15 bits per heavy atom. The Labute approximate surface area is 77.6 Å². The van der Waals surface area contributed by atoms with Gasteiger partial charge in [-0.05, 0) is 27.7 Å². The minimum atomic E-state index is -0.769. The molecule has 0 unspecified atom stereocenters. The number of carbonyl (C=O) groups is 2. The molecule has 0 heterocycles. The van der Waals surface area contributed by atoms with E-state index in [1.54, 1.807) is 20.8 Å².